The van der Waals surface area contributed by atoms with Gasteiger partial charge >= 0.3 is 5.97 Å². The minimum atomic E-state index is -0.841. The summed E-state index contributed by atoms with van der Waals surface area (Å²) in [5, 5.41) is 9.90. The van der Waals surface area contributed by atoms with Gasteiger partial charge in [-0.3, -0.25) is 0 Å². The molecule has 4 heteroatoms. The fourth-order valence-corrected chi connectivity index (χ4v) is 3.51. The van der Waals surface area contributed by atoms with Gasteiger partial charge in [0.25, 0.3) is 0 Å². The molecule has 0 saturated heterocycles. The zero-order valence-electron chi connectivity index (χ0n) is 7.37. The van der Waals surface area contributed by atoms with Crippen molar-refractivity contribution in [3.8, 4) is 0 Å². The highest BCUT2D eigenvalue weighted by Crippen LogP contribution is 2.32. The summed E-state index contributed by atoms with van der Waals surface area (Å²) in [5.74, 6) is -0.841. The molecule has 0 saturated carbocycles. The van der Waals surface area contributed by atoms with Gasteiger partial charge in [0.15, 0.2) is 0 Å². The number of hydrogen-bond acceptors (Lipinski definition) is 2. The number of benzene rings is 1. The molecule has 0 aliphatic rings. The van der Waals surface area contributed by atoms with Crippen molar-refractivity contribution in [3.05, 3.63) is 32.2 Å². The Morgan fingerprint density at radius 1 is 1.50 bits per heavy atom. The van der Waals surface area contributed by atoms with Crippen LogP contribution in [0.2, 0.25) is 0 Å². The lowest BCUT2D eigenvalue weighted by Gasteiger charge is -1.94. The number of carboxylic acid groups (broad SMARTS) is 1. The van der Waals surface area contributed by atoms with Gasteiger partial charge in [0, 0.05) is 10.1 Å². The molecule has 1 heterocycles. The maximum atomic E-state index is 11.0. The molecule has 0 radical (unpaired) electrons. The Hall–Kier alpha value is -0.620. The Balaban J connectivity index is 2.86. The summed E-state index contributed by atoms with van der Waals surface area (Å²) in [5.41, 5.74) is 1.53. The molecule has 72 valence electrons. The van der Waals surface area contributed by atoms with E-state index in [0.717, 1.165) is 18.5 Å². The maximum absolute atomic E-state index is 11.0. The summed E-state index contributed by atoms with van der Waals surface area (Å²) in [6, 6.07) is 5.90. The molecule has 1 aromatic carbocycles. The van der Waals surface area contributed by atoms with Gasteiger partial charge in [-0.25, -0.2) is 4.79 Å². The van der Waals surface area contributed by atoms with Crippen molar-refractivity contribution in [2.24, 2.45) is 0 Å². The largest absolute Gasteiger partial charge is 0.478 e. The molecule has 0 bridgehead atoms. The number of thiophene rings is 1. The molecule has 1 aromatic heterocycles. The van der Waals surface area contributed by atoms with Crippen LogP contribution in [0.1, 0.15) is 15.9 Å². The lowest BCUT2D eigenvalue weighted by atomic mass is 10.1. The minimum absolute atomic E-state index is 0.439. The van der Waals surface area contributed by atoms with Crippen LogP contribution in [0, 0.1) is 9.81 Å². The van der Waals surface area contributed by atoms with Gasteiger partial charge in [0.1, 0.15) is 0 Å². The fourth-order valence-electron chi connectivity index (χ4n) is 1.38. The van der Waals surface area contributed by atoms with Gasteiger partial charge in [-0.05, 0) is 41.6 Å². The first-order valence-electron chi connectivity index (χ1n) is 4.01. The Labute approximate surface area is 98.7 Å². The van der Waals surface area contributed by atoms with Gasteiger partial charge in [0.2, 0.25) is 0 Å². The highest BCUT2D eigenvalue weighted by Gasteiger charge is 2.15. The van der Waals surface area contributed by atoms with Gasteiger partial charge in [-0.2, -0.15) is 0 Å². The van der Waals surface area contributed by atoms with Crippen molar-refractivity contribution in [2.45, 2.75) is 6.92 Å². The number of halogens is 1. The Morgan fingerprint density at radius 2 is 2.21 bits per heavy atom. The Kier molecular flexibility index (Phi) is 2.48. The first-order valence-corrected chi connectivity index (χ1v) is 5.91. The van der Waals surface area contributed by atoms with E-state index in [2.05, 4.69) is 22.6 Å². The molecule has 0 spiro atoms. The number of aryl methyl sites for hydroxylation is 1. The lowest BCUT2D eigenvalue weighted by molar-refractivity contribution is 0.0698. The van der Waals surface area contributed by atoms with Gasteiger partial charge in [-0.15, -0.1) is 11.3 Å². The predicted molar refractivity (Wildman–Crippen MR) is 66.2 cm³/mol. The summed E-state index contributed by atoms with van der Waals surface area (Å²) in [4.78, 5) is 11.0. The van der Waals surface area contributed by atoms with E-state index in [1.807, 2.05) is 25.1 Å². The molecular weight excluding hydrogens is 311 g/mol. The standard InChI is InChI=1S/C10H7IO2S/c1-5-2-3-7-6(4-5)8(10(12)13)9(11)14-7/h2-4H,1H3,(H,12,13). The molecule has 0 fully saturated rings. The molecule has 2 rings (SSSR count). The van der Waals surface area contributed by atoms with Gasteiger partial charge in [0.05, 0.1) is 8.45 Å². The second kappa shape index (κ2) is 3.51. The van der Waals surface area contributed by atoms with E-state index in [-0.39, 0.29) is 0 Å². The summed E-state index contributed by atoms with van der Waals surface area (Å²) in [7, 11) is 0. The molecule has 2 aromatic rings. The monoisotopic (exact) mass is 318 g/mol. The Morgan fingerprint density at radius 3 is 2.86 bits per heavy atom. The normalized spacial score (nSPS) is 10.7. The molecule has 0 amide bonds. The van der Waals surface area contributed by atoms with Crippen LogP contribution in [0.3, 0.4) is 0 Å². The zero-order valence-corrected chi connectivity index (χ0v) is 10.3. The topological polar surface area (TPSA) is 37.3 Å². The lowest BCUT2D eigenvalue weighted by Crippen LogP contribution is -1.96. The number of aromatic carboxylic acids is 1. The summed E-state index contributed by atoms with van der Waals surface area (Å²) < 4.78 is 1.88. The van der Waals surface area contributed by atoms with E-state index in [1.165, 1.54) is 11.3 Å². The third-order valence-corrected chi connectivity index (χ3v) is 4.17. The molecule has 1 N–H and O–H groups in total. The molecule has 14 heavy (non-hydrogen) atoms. The number of fused-ring (bicyclic) bond motifs is 1. The van der Waals surface area contributed by atoms with Crippen LogP contribution in [0.15, 0.2) is 18.2 Å². The first kappa shape index (κ1) is 9.92. The van der Waals surface area contributed by atoms with Crippen molar-refractivity contribution >= 4 is 50.0 Å². The zero-order chi connectivity index (χ0) is 10.3. The summed E-state index contributed by atoms with van der Waals surface area (Å²) in [6.07, 6.45) is 0. The van der Waals surface area contributed by atoms with Crippen molar-refractivity contribution in [1.82, 2.24) is 0 Å². The summed E-state index contributed by atoms with van der Waals surface area (Å²) in [6.45, 7) is 1.97. The van der Waals surface area contributed by atoms with Crippen molar-refractivity contribution in [1.29, 1.82) is 0 Å². The Bertz CT molecular complexity index is 516. The highest BCUT2D eigenvalue weighted by molar-refractivity contribution is 14.1. The highest BCUT2D eigenvalue weighted by atomic mass is 127. The summed E-state index contributed by atoms with van der Waals surface area (Å²) >= 11 is 3.60. The molecular formula is C10H7IO2S. The van der Waals surface area contributed by atoms with E-state index in [0.29, 0.717) is 5.56 Å². The van der Waals surface area contributed by atoms with Crippen LogP contribution >= 0.6 is 33.9 Å². The smallest absolute Gasteiger partial charge is 0.338 e. The number of carbonyl (C=O) groups is 1. The SMILES string of the molecule is Cc1ccc2sc(I)c(C(=O)O)c2c1. The number of hydrogen-bond donors (Lipinski definition) is 1. The van der Waals surface area contributed by atoms with Crippen LogP contribution in [-0.4, -0.2) is 11.1 Å². The van der Waals surface area contributed by atoms with Crippen molar-refractivity contribution < 1.29 is 9.90 Å². The van der Waals surface area contributed by atoms with Gasteiger partial charge < -0.3 is 5.11 Å². The van der Waals surface area contributed by atoms with Crippen LogP contribution in [0.25, 0.3) is 10.1 Å². The third kappa shape index (κ3) is 1.52. The third-order valence-electron chi connectivity index (χ3n) is 2.01. The van der Waals surface area contributed by atoms with Gasteiger partial charge in [-0.1, -0.05) is 11.6 Å². The molecule has 2 nitrogen and oxygen atoms in total. The fraction of sp³-hybridized carbons (Fsp3) is 0.100. The predicted octanol–water partition coefficient (Wildman–Crippen LogP) is 3.51. The molecule has 0 atom stereocenters. The molecule has 0 aliphatic carbocycles. The van der Waals surface area contributed by atoms with Crippen LogP contribution < -0.4 is 0 Å². The van der Waals surface area contributed by atoms with E-state index < -0.39 is 5.97 Å². The average Bonchev–Trinajstić information content (AvgIpc) is 2.40. The maximum Gasteiger partial charge on any atom is 0.338 e. The van der Waals surface area contributed by atoms with E-state index >= 15 is 0 Å². The molecule has 0 aliphatic heterocycles. The first-order chi connectivity index (χ1) is 6.59. The van der Waals surface area contributed by atoms with E-state index in [9.17, 15) is 4.79 Å². The average molecular weight is 318 g/mol. The molecule has 0 unspecified atom stereocenters. The second-order valence-electron chi connectivity index (χ2n) is 3.06. The van der Waals surface area contributed by atoms with Crippen LogP contribution in [0.4, 0.5) is 0 Å². The van der Waals surface area contributed by atoms with Crippen molar-refractivity contribution in [2.75, 3.05) is 0 Å². The van der Waals surface area contributed by atoms with E-state index in [4.69, 9.17) is 5.11 Å². The van der Waals surface area contributed by atoms with Crippen LogP contribution in [-0.2, 0) is 0 Å². The van der Waals surface area contributed by atoms with Crippen molar-refractivity contribution in [3.63, 3.8) is 0 Å². The second-order valence-corrected chi connectivity index (χ2v) is 5.92. The number of carboxylic acids is 1. The quantitative estimate of drug-likeness (QED) is 0.817. The van der Waals surface area contributed by atoms with E-state index in [1.54, 1.807) is 0 Å². The number of rotatable bonds is 1. The minimum Gasteiger partial charge on any atom is -0.478 e. The van der Waals surface area contributed by atoms with Crippen LogP contribution in [0.5, 0.6) is 0 Å².